The molecule has 0 rings (SSSR count). The van der Waals surface area contributed by atoms with Gasteiger partial charge in [-0.05, 0) is 13.8 Å². The monoisotopic (exact) mass is 177 g/mol. The fourth-order valence-electron chi connectivity index (χ4n) is 0.491. The van der Waals surface area contributed by atoms with Crippen molar-refractivity contribution in [3.63, 3.8) is 0 Å². The molecule has 0 amide bonds. The van der Waals surface area contributed by atoms with Crippen molar-refractivity contribution < 1.29 is 13.2 Å². The SMILES string of the molecule is C=C(C)N=C/C(=C\C)C(F)(F)F. The molecule has 0 saturated heterocycles. The van der Waals surface area contributed by atoms with Gasteiger partial charge in [-0.15, -0.1) is 0 Å². The molecule has 0 aliphatic heterocycles. The summed E-state index contributed by atoms with van der Waals surface area (Å²) >= 11 is 0. The van der Waals surface area contributed by atoms with Gasteiger partial charge in [-0.25, -0.2) is 0 Å². The van der Waals surface area contributed by atoms with Gasteiger partial charge in [0.1, 0.15) is 0 Å². The number of alkyl halides is 3. The highest BCUT2D eigenvalue weighted by atomic mass is 19.4. The molecular formula is C8H10F3N. The highest BCUT2D eigenvalue weighted by molar-refractivity contribution is 5.80. The zero-order valence-corrected chi connectivity index (χ0v) is 6.94. The summed E-state index contributed by atoms with van der Waals surface area (Å²) in [6.45, 7) is 6.19. The highest BCUT2D eigenvalue weighted by Crippen LogP contribution is 2.23. The summed E-state index contributed by atoms with van der Waals surface area (Å²) in [6, 6.07) is 0. The van der Waals surface area contributed by atoms with Gasteiger partial charge >= 0.3 is 6.18 Å². The molecule has 0 radical (unpaired) electrons. The number of aliphatic imine (C=N–C) groups is 1. The van der Waals surface area contributed by atoms with Gasteiger partial charge in [0.2, 0.25) is 0 Å². The number of nitrogens with zero attached hydrogens (tertiary/aromatic N) is 1. The molecule has 68 valence electrons. The Labute approximate surface area is 69.3 Å². The molecule has 0 unspecified atom stereocenters. The van der Waals surface area contributed by atoms with Gasteiger partial charge in [0, 0.05) is 11.9 Å². The van der Waals surface area contributed by atoms with Gasteiger partial charge in [-0.1, -0.05) is 12.7 Å². The van der Waals surface area contributed by atoms with Crippen LogP contribution >= 0.6 is 0 Å². The summed E-state index contributed by atoms with van der Waals surface area (Å²) < 4.78 is 35.9. The van der Waals surface area contributed by atoms with Crippen molar-refractivity contribution in [3.8, 4) is 0 Å². The molecular weight excluding hydrogens is 167 g/mol. The normalized spacial score (nSPS) is 13.9. The minimum absolute atomic E-state index is 0.346. The van der Waals surface area contributed by atoms with Crippen LogP contribution in [0, 0.1) is 0 Å². The molecule has 0 heterocycles. The van der Waals surface area contributed by atoms with E-state index in [2.05, 4.69) is 11.6 Å². The largest absolute Gasteiger partial charge is 0.417 e. The standard InChI is InChI=1S/C8H10F3N/c1-4-7(8(9,10)11)5-12-6(2)3/h4-5H,2H2,1,3H3/b7-4+,12-5?. The molecule has 0 N–H and O–H groups in total. The van der Waals surface area contributed by atoms with Gasteiger partial charge in [0.15, 0.2) is 0 Å². The Morgan fingerprint density at radius 2 is 1.92 bits per heavy atom. The summed E-state index contributed by atoms with van der Waals surface area (Å²) in [7, 11) is 0. The topological polar surface area (TPSA) is 12.4 Å². The summed E-state index contributed by atoms with van der Waals surface area (Å²) in [5.74, 6) is 0. The molecule has 0 spiro atoms. The minimum Gasteiger partial charge on any atom is -0.262 e. The molecule has 1 nitrogen and oxygen atoms in total. The lowest BCUT2D eigenvalue weighted by atomic mass is 10.3. The molecule has 0 saturated carbocycles. The fourth-order valence-corrected chi connectivity index (χ4v) is 0.491. The second-order valence-corrected chi connectivity index (χ2v) is 2.24. The molecule has 0 fully saturated rings. The van der Waals surface area contributed by atoms with Crippen molar-refractivity contribution in [2.24, 2.45) is 4.99 Å². The number of rotatable bonds is 2. The van der Waals surface area contributed by atoms with Gasteiger partial charge in [-0.2, -0.15) is 13.2 Å². The van der Waals surface area contributed by atoms with E-state index in [0.717, 1.165) is 12.3 Å². The Balaban J connectivity index is 4.53. The maximum Gasteiger partial charge on any atom is 0.417 e. The Morgan fingerprint density at radius 3 is 2.17 bits per heavy atom. The molecule has 0 aliphatic carbocycles. The average molecular weight is 177 g/mol. The van der Waals surface area contributed by atoms with Crippen molar-refractivity contribution >= 4 is 6.21 Å². The molecule has 4 heteroatoms. The van der Waals surface area contributed by atoms with E-state index in [9.17, 15) is 13.2 Å². The second kappa shape index (κ2) is 4.09. The van der Waals surface area contributed by atoms with E-state index in [1.807, 2.05) is 0 Å². The lowest BCUT2D eigenvalue weighted by Gasteiger charge is -2.04. The molecule has 12 heavy (non-hydrogen) atoms. The summed E-state index contributed by atoms with van der Waals surface area (Å²) in [6.07, 6.45) is -2.59. The summed E-state index contributed by atoms with van der Waals surface area (Å²) in [5, 5.41) is 0. The van der Waals surface area contributed by atoms with E-state index in [0.29, 0.717) is 5.70 Å². The Kier molecular flexibility index (Phi) is 3.73. The van der Waals surface area contributed by atoms with Crippen LogP contribution in [0.15, 0.2) is 28.9 Å². The van der Waals surface area contributed by atoms with Crippen molar-refractivity contribution in [1.29, 1.82) is 0 Å². The first kappa shape index (κ1) is 10.9. The van der Waals surface area contributed by atoms with Crippen LogP contribution in [-0.2, 0) is 0 Å². The number of allylic oxidation sites excluding steroid dienone is 3. The van der Waals surface area contributed by atoms with E-state index in [1.165, 1.54) is 13.8 Å². The lowest BCUT2D eigenvalue weighted by molar-refractivity contribution is -0.0857. The molecule has 0 aromatic rings. The minimum atomic E-state index is -4.33. The van der Waals surface area contributed by atoms with Gasteiger partial charge in [0.05, 0.1) is 5.57 Å². The van der Waals surface area contributed by atoms with Crippen LogP contribution in [0.25, 0.3) is 0 Å². The first-order valence-electron chi connectivity index (χ1n) is 3.31. The fraction of sp³-hybridized carbons (Fsp3) is 0.375. The van der Waals surface area contributed by atoms with E-state index in [-0.39, 0.29) is 0 Å². The first-order valence-corrected chi connectivity index (χ1v) is 3.31. The molecule has 0 aliphatic rings. The highest BCUT2D eigenvalue weighted by Gasteiger charge is 2.31. The van der Waals surface area contributed by atoms with E-state index < -0.39 is 11.7 Å². The average Bonchev–Trinajstić information content (AvgIpc) is 1.85. The van der Waals surface area contributed by atoms with E-state index >= 15 is 0 Å². The zero-order chi connectivity index (χ0) is 9.78. The van der Waals surface area contributed by atoms with Crippen LogP contribution in [0.5, 0.6) is 0 Å². The second-order valence-electron chi connectivity index (χ2n) is 2.24. The van der Waals surface area contributed by atoms with Crippen molar-refractivity contribution in [3.05, 3.63) is 23.9 Å². The Hall–Kier alpha value is -1.06. The van der Waals surface area contributed by atoms with Crippen LogP contribution in [0.4, 0.5) is 13.2 Å². The molecule has 0 aromatic heterocycles. The predicted molar refractivity (Wildman–Crippen MR) is 43.1 cm³/mol. The maximum absolute atomic E-state index is 12.0. The van der Waals surface area contributed by atoms with Crippen LogP contribution in [-0.4, -0.2) is 12.4 Å². The number of hydrogen-bond acceptors (Lipinski definition) is 1. The molecule has 0 bridgehead atoms. The van der Waals surface area contributed by atoms with Crippen molar-refractivity contribution in [2.75, 3.05) is 0 Å². The third-order valence-electron chi connectivity index (χ3n) is 1.06. The summed E-state index contributed by atoms with van der Waals surface area (Å²) in [4.78, 5) is 3.45. The molecule has 0 aromatic carbocycles. The van der Waals surface area contributed by atoms with Crippen LogP contribution < -0.4 is 0 Å². The van der Waals surface area contributed by atoms with Crippen molar-refractivity contribution in [2.45, 2.75) is 20.0 Å². The van der Waals surface area contributed by atoms with E-state index in [4.69, 9.17) is 0 Å². The first-order chi connectivity index (χ1) is 5.38. The van der Waals surface area contributed by atoms with Crippen LogP contribution in [0.1, 0.15) is 13.8 Å². The molecule has 0 atom stereocenters. The van der Waals surface area contributed by atoms with Crippen LogP contribution in [0.2, 0.25) is 0 Å². The maximum atomic E-state index is 12.0. The quantitative estimate of drug-likeness (QED) is 0.574. The van der Waals surface area contributed by atoms with Gasteiger partial charge < -0.3 is 0 Å². The Bertz CT molecular complexity index is 223. The number of halogens is 3. The van der Waals surface area contributed by atoms with Gasteiger partial charge in [0.25, 0.3) is 0 Å². The number of hydrogen-bond donors (Lipinski definition) is 0. The lowest BCUT2D eigenvalue weighted by Crippen LogP contribution is -2.12. The third-order valence-corrected chi connectivity index (χ3v) is 1.06. The smallest absolute Gasteiger partial charge is 0.262 e. The van der Waals surface area contributed by atoms with E-state index in [1.54, 1.807) is 0 Å². The van der Waals surface area contributed by atoms with Crippen molar-refractivity contribution in [1.82, 2.24) is 0 Å². The Morgan fingerprint density at radius 1 is 1.42 bits per heavy atom. The predicted octanol–water partition coefficient (Wildman–Crippen LogP) is 3.10. The summed E-state index contributed by atoms with van der Waals surface area (Å²) in [5.41, 5.74) is -0.413. The van der Waals surface area contributed by atoms with Gasteiger partial charge in [-0.3, -0.25) is 4.99 Å². The zero-order valence-electron chi connectivity index (χ0n) is 6.94. The third kappa shape index (κ3) is 3.95. The van der Waals surface area contributed by atoms with Crippen LogP contribution in [0.3, 0.4) is 0 Å².